The number of imidazole rings is 1. The fraction of sp³-hybridized carbons (Fsp3) is 0.273. The van der Waals surface area contributed by atoms with Gasteiger partial charge in [-0.1, -0.05) is 0 Å². The molecule has 3 heterocycles. The maximum Gasteiger partial charge on any atom is 0.273 e. The van der Waals surface area contributed by atoms with Crippen molar-refractivity contribution >= 4 is 17.1 Å². The molecule has 0 bridgehead atoms. The summed E-state index contributed by atoms with van der Waals surface area (Å²) in [6.45, 7) is 2.33. The third kappa shape index (κ3) is 5.21. The van der Waals surface area contributed by atoms with Gasteiger partial charge in [-0.3, -0.25) is 4.79 Å². The van der Waals surface area contributed by atoms with Crippen molar-refractivity contribution in [1.82, 2.24) is 34.8 Å². The number of amides is 1. The molecule has 0 spiro atoms. The van der Waals surface area contributed by atoms with Gasteiger partial charge in [0.25, 0.3) is 5.91 Å². The predicted molar refractivity (Wildman–Crippen MR) is 119 cm³/mol. The lowest BCUT2D eigenvalue weighted by molar-refractivity contribution is 0.0821. The van der Waals surface area contributed by atoms with E-state index in [1.165, 1.54) is 23.6 Å². The summed E-state index contributed by atoms with van der Waals surface area (Å²) >= 11 is 0. The molecule has 0 aliphatic carbocycles. The first-order valence-corrected chi connectivity index (χ1v) is 10.1. The normalized spacial score (nSPS) is 11.9. The van der Waals surface area contributed by atoms with E-state index in [0.717, 1.165) is 5.56 Å². The zero-order valence-electron chi connectivity index (χ0n) is 18.6. The van der Waals surface area contributed by atoms with Gasteiger partial charge in [0.15, 0.2) is 5.65 Å². The third-order valence-corrected chi connectivity index (χ3v) is 4.53. The quantitative estimate of drug-likeness (QED) is 0.432. The lowest BCUT2D eigenvalue weighted by Gasteiger charge is -2.16. The minimum absolute atomic E-state index is 0.184. The van der Waals surface area contributed by atoms with E-state index in [1.807, 2.05) is 13.0 Å². The van der Waals surface area contributed by atoms with Gasteiger partial charge in [0, 0.05) is 32.8 Å². The summed E-state index contributed by atoms with van der Waals surface area (Å²) in [5.41, 5.74) is 2.20. The molecule has 1 N–H and O–H groups in total. The van der Waals surface area contributed by atoms with Gasteiger partial charge >= 0.3 is 0 Å². The molecule has 0 aliphatic heterocycles. The van der Waals surface area contributed by atoms with E-state index in [4.69, 9.17) is 14.2 Å². The number of methoxy groups -OCH3 is 1. The maximum absolute atomic E-state index is 12.0. The highest BCUT2D eigenvalue weighted by Gasteiger charge is 2.14. The summed E-state index contributed by atoms with van der Waals surface area (Å²) in [4.78, 5) is 37.7. The number of rotatable bonds is 8. The molecule has 0 saturated heterocycles. The number of H-pyrrole nitrogens is 1. The van der Waals surface area contributed by atoms with Crippen molar-refractivity contribution in [3.63, 3.8) is 0 Å². The molecular formula is C22H23N7O4. The lowest BCUT2D eigenvalue weighted by Crippen LogP contribution is -2.22. The Labute approximate surface area is 189 Å². The number of aromatic nitrogens is 6. The highest BCUT2D eigenvalue weighted by molar-refractivity contribution is 5.91. The zero-order chi connectivity index (χ0) is 23.4. The van der Waals surface area contributed by atoms with Crippen LogP contribution >= 0.6 is 0 Å². The first-order chi connectivity index (χ1) is 15.9. The van der Waals surface area contributed by atoms with E-state index in [9.17, 15) is 4.79 Å². The van der Waals surface area contributed by atoms with Crippen LogP contribution in [0.25, 0.3) is 22.6 Å². The zero-order valence-corrected chi connectivity index (χ0v) is 18.6. The average Bonchev–Trinajstić information content (AvgIpc) is 3.23. The molecule has 11 nitrogen and oxygen atoms in total. The van der Waals surface area contributed by atoms with Gasteiger partial charge in [0.1, 0.15) is 41.0 Å². The van der Waals surface area contributed by atoms with E-state index in [-0.39, 0.29) is 23.6 Å². The summed E-state index contributed by atoms with van der Waals surface area (Å²) in [7, 11) is 4.91. The van der Waals surface area contributed by atoms with Crippen LogP contribution in [0.4, 0.5) is 0 Å². The molecule has 4 aromatic rings. The first kappa shape index (κ1) is 22.1. The second kappa shape index (κ2) is 9.57. The van der Waals surface area contributed by atoms with Gasteiger partial charge in [-0.25, -0.2) is 24.9 Å². The minimum atomic E-state index is -0.244. The Bertz CT molecular complexity index is 1220. The predicted octanol–water partition coefficient (Wildman–Crippen LogP) is 2.72. The highest BCUT2D eigenvalue weighted by Crippen LogP contribution is 2.32. The van der Waals surface area contributed by atoms with Gasteiger partial charge in [-0.05, 0) is 19.1 Å². The molecule has 11 heteroatoms. The highest BCUT2D eigenvalue weighted by atomic mass is 16.5. The van der Waals surface area contributed by atoms with Crippen molar-refractivity contribution in [1.29, 1.82) is 0 Å². The van der Waals surface area contributed by atoms with Crippen LogP contribution in [0.1, 0.15) is 17.4 Å². The molecule has 0 radical (unpaired) electrons. The van der Waals surface area contributed by atoms with E-state index < -0.39 is 0 Å². The van der Waals surface area contributed by atoms with Crippen molar-refractivity contribution in [2.45, 2.75) is 13.0 Å². The molecule has 4 rings (SSSR count). The second-order valence-electron chi connectivity index (χ2n) is 7.46. The standard InChI is InChI=1S/C22H23N7O4/c1-13(11-31-4)32-15-5-14(20-27-17-8-23-12-26-21(17)28-20)6-16(7-15)33-19-10-24-18(9-25-19)22(30)29(2)3/h5-10,12-13H,11H2,1-4H3,(H,23,26,27,28). The molecule has 0 fully saturated rings. The summed E-state index contributed by atoms with van der Waals surface area (Å²) in [5.74, 6) is 1.59. The number of ether oxygens (including phenoxy) is 3. The molecule has 1 atom stereocenters. The van der Waals surface area contributed by atoms with Crippen molar-refractivity contribution < 1.29 is 19.0 Å². The molecule has 1 unspecified atom stereocenters. The molecule has 1 amide bonds. The van der Waals surface area contributed by atoms with Crippen LogP contribution < -0.4 is 9.47 Å². The van der Waals surface area contributed by atoms with Gasteiger partial charge in [0.2, 0.25) is 5.88 Å². The monoisotopic (exact) mass is 449 g/mol. The molecule has 0 saturated carbocycles. The van der Waals surface area contributed by atoms with E-state index in [2.05, 4.69) is 29.9 Å². The van der Waals surface area contributed by atoms with Crippen molar-refractivity contribution in [3.8, 4) is 28.8 Å². The fourth-order valence-corrected chi connectivity index (χ4v) is 3.06. The van der Waals surface area contributed by atoms with Crippen LogP contribution in [-0.2, 0) is 4.74 Å². The van der Waals surface area contributed by atoms with E-state index in [1.54, 1.807) is 39.5 Å². The number of benzene rings is 1. The largest absolute Gasteiger partial charge is 0.488 e. The lowest BCUT2D eigenvalue weighted by atomic mass is 10.2. The van der Waals surface area contributed by atoms with Crippen LogP contribution in [0, 0.1) is 0 Å². The number of carbonyl (C=O) groups excluding carboxylic acids is 1. The van der Waals surface area contributed by atoms with Crippen LogP contribution in [0.15, 0.2) is 43.1 Å². The fourth-order valence-electron chi connectivity index (χ4n) is 3.06. The Morgan fingerprint density at radius 2 is 1.91 bits per heavy atom. The molecule has 3 aromatic heterocycles. The second-order valence-corrected chi connectivity index (χ2v) is 7.46. The molecule has 170 valence electrons. The van der Waals surface area contributed by atoms with Crippen LogP contribution in [0.3, 0.4) is 0 Å². The Morgan fingerprint density at radius 3 is 2.61 bits per heavy atom. The van der Waals surface area contributed by atoms with Crippen molar-refractivity contribution in [3.05, 3.63) is 48.8 Å². The third-order valence-electron chi connectivity index (χ3n) is 4.53. The minimum Gasteiger partial charge on any atom is -0.488 e. The summed E-state index contributed by atoms with van der Waals surface area (Å²) in [5, 5.41) is 0. The number of nitrogens with one attached hydrogen (secondary N) is 1. The van der Waals surface area contributed by atoms with Crippen molar-refractivity contribution in [2.75, 3.05) is 27.8 Å². The Balaban J connectivity index is 1.66. The molecule has 33 heavy (non-hydrogen) atoms. The summed E-state index contributed by atoms with van der Waals surface area (Å²) in [6.07, 6.45) is 5.68. The Kier molecular flexibility index (Phi) is 6.41. The van der Waals surface area contributed by atoms with E-state index >= 15 is 0 Å². The average molecular weight is 449 g/mol. The number of aromatic amines is 1. The number of hydrogen-bond donors (Lipinski definition) is 1. The van der Waals surface area contributed by atoms with Crippen LogP contribution in [0.5, 0.6) is 17.4 Å². The van der Waals surface area contributed by atoms with Gasteiger partial charge in [-0.15, -0.1) is 0 Å². The Hall–Kier alpha value is -4.12. The van der Waals surface area contributed by atoms with Crippen molar-refractivity contribution in [2.24, 2.45) is 0 Å². The Morgan fingerprint density at radius 1 is 1.09 bits per heavy atom. The molecular weight excluding hydrogens is 426 g/mol. The smallest absolute Gasteiger partial charge is 0.273 e. The topological polar surface area (TPSA) is 128 Å². The number of fused-ring (bicyclic) bond motifs is 1. The van der Waals surface area contributed by atoms with Crippen LogP contribution in [-0.4, -0.2) is 74.6 Å². The van der Waals surface area contributed by atoms with Crippen LogP contribution in [0.2, 0.25) is 0 Å². The van der Waals surface area contributed by atoms with E-state index in [0.29, 0.717) is 35.1 Å². The first-order valence-electron chi connectivity index (χ1n) is 10.1. The number of nitrogens with zero attached hydrogens (tertiary/aromatic N) is 6. The molecule has 1 aromatic carbocycles. The SMILES string of the molecule is COCC(C)Oc1cc(Oc2cnc(C(=O)N(C)C)cn2)cc(-c2nc3ncncc3[nH]2)c1. The van der Waals surface area contributed by atoms with Gasteiger partial charge in [0.05, 0.1) is 25.2 Å². The van der Waals surface area contributed by atoms with Gasteiger partial charge in [-0.2, -0.15) is 0 Å². The summed E-state index contributed by atoms with van der Waals surface area (Å²) in [6, 6.07) is 5.37. The number of hydrogen-bond acceptors (Lipinski definition) is 9. The number of carbonyl (C=O) groups is 1. The summed E-state index contributed by atoms with van der Waals surface area (Å²) < 4.78 is 17.1. The molecule has 0 aliphatic rings. The van der Waals surface area contributed by atoms with Gasteiger partial charge < -0.3 is 24.1 Å². The maximum atomic E-state index is 12.0.